The normalized spacial score (nSPS) is 56.1. The minimum Gasteiger partial charge on any atom is -0.479 e. The van der Waals surface area contributed by atoms with Crippen LogP contribution in [0.25, 0.3) is 0 Å². The van der Waals surface area contributed by atoms with Crippen molar-refractivity contribution in [3.8, 4) is 0 Å². The van der Waals surface area contributed by atoms with Gasteiger partial charge < -0.3 is 134 Å². The molecule has 0 bridgehead atoms. The lowest BCUT2D eigenvalue weighted by Gasteiger charge is -2.72. The lowest BCUT2D eigenvalue weighted by atomic mass is 9.33. The first-order valence-electron chi connectivity index (χ1n) is 30.8. The molecule has 10 rings (SSSR count). The molecule has 0 aromatic rings. The fourth-order valence-electron chi connectivity index (χ4n) is 17.7. The first-order chi connectivity index (χ1) is 40.7. The molecular formula is C59H96O28. The van der Waals surface area contributed by atoms with Crippen molar-refractivity contribution >= 4 is 5.97 Å². The number of ether oxygens (including phenoxy) is 10. The SMILES string of the molecule is C[C@H]1O[C@@H](O[C@H]2[C@H](O[C@H]3[C@H](O[C@H]4CC[C@@]5(C)[C@@H](CC[C@]6(C)[C@@H]5CC=C5[C@@H]7C[C@@](C)(CO[C@@H]8O[C@H](CO[C@@H]9OC[C@](O)(CO)[C@H]9O)[C@@H](O)[C@H](O)[C@H]8O)C[C@@H](O)[C@]7(C)CC[C@]56C)[C@@]4(C)CO)O[C@H](C(=O)O)[C@@H](O)[C@@H]3O)O[C@H](CO)[C@H](O)[C@@H]2O)[C@H](O)[C@H](O)[C@H]1O. The van der Waals surface area contributed by atoms with E-state index in [1.807, 2.05) is 13.8 Å². The van der Waals surface area contributed by atoms with E-state index in [1.54, 1.807) is 0 Å². The Balaban J connectivity index is 0.863. The van der Waals surface area contributed by atoms with Gasteiger partial charge in [-0.2, -0.15) is 0 Å². The van der Waals surface area contributed by atoms with Crippen LogP contribution in [0.4, 0.5) is 0 Å². The van der Waals surface area contributed by atoms with Crippen LogP contribution in [0.3, 0.4) is 0 Å². The number of aliphatic hydroxyl groups is 16. The molecule has 87 heavy (non-hydrogen) atoms. The quantitative estimate of drug-likeness (QED) is 0.0517. The molecule has 5 saturated heterocycles. The Kier molecular flexibility index (Phi) is 19.4. The third-order valence-electron chi connectivity index (χ3n) is 23.7. The minimum absolute atomic E-state index is 0.0101. The Morgan fingerprint density at radius 3 is 1.86 bits per heavy atom. The lowest BCUT2D eigenvalue weighted by Crippen LogP contribution is -2.68. The van der Waals surface area contributed by atoms with Crippen LogP contribution in [0.2, 0.25) is 0 Å². The lowest BCUT2D eigenvalue weighted by molar-refractivity contribution is -0.396. The molecule has 10 aliphatic rings. The van der Waals surface area contributed by atoms with Gasteiger partial charge in [-0.05, 0) is 104 Å². The van der Waals surface area contributed by atoms with Gasteiger partial charge in [-0.25, -0.2) is 4.79 Å². The zero-order valence-corrected chi connectivity index (χ0v) is 50.4. The molecule has 500 valence electrons. The van der Waals surface area contributed by atoms with Gasteiger partial charge >= 0.3 is 5.97 Å². The van der Waals surface area contributed by atoms with Crippen LogP contribution in [0.15, 0.2) is 11.6 Å². The van der Waals surface area contributed by atoms with Crippen molar-refractivity contribution in [2.24, 2.45) is 50.2 Å². The number of aliphatic hydroxyl groups excluding tert-OH is 15. The molecule has 28 heteroatoms. The average molecular weight is 1250 g/mol. The highest BCUT2D eigenvalue weighted by Gasteiger charge is 2.70. The number of fused-ring (bicyclic) bond motifs is 7. The molecule has 5 aliphatic carbocycles. The van der Waals surface area contributed by atoms with Gasteiger partial charge in [-0.3, -0.25) is 0 Å². The Morgan fingerprint density at radius 1 is 0.598 bits per heavy atom. The molecule has 5 aliphatic heterocycles. The van der Waals surface area contributed by atoms with E-state index in [0.29, 0.717) is 44.9 Å². The van der Waals surface area contributed by atoms with E-state index < -0.39 is 214 Å². The molecule has 9 fully saturated rings. The summed E-state index contributed by atoms with van der Waals surface area (Å²) >= 11 is 0. The minimum atomic E-state index is -2.13. The summed E-state index contributed by atoms with van der Waals surface area (Å²) in [5.41, 5.74) is -4.09. The summed E-state index contributed by atoms with van der Waals surface area (Å²) in [7, 11) is 0. The first-order valence-corrected chi connectivity index (χ1v) is 30.8. The van der Waals surface area contributed by atoms with Crippen LogP contribution in [0, 0.1) is 50.2 Å². The zero-order valence-electron chi connectivity index (χ0n) is 50.4. The highest BCUT2D eigenvalue weighted by molar-refractivity contribution is 5.73. The van der Waals surface area contributed by atoms with Crippen LogP contribution in [0.1, 0.15) is 106 Å². The van der Waals surface area contributed by atoms with Crippen LogP contribution < -0.4 is 0 Å². The van der Waals surface area contributed by atoms with E-state index in [9.17, 15) is 91.6 Å². The maximum absolute atomic E-state index is 12.6. The molecular weight excluding hydrogens is 1160 g/mol. The van der Waals surface area contributed by atoms with Crippen molar-refractivity contribution in [3.05, 3.63) is 11.6 Å². The molecule has 0 spiro atoms. The monoisotopic (exact) mass is 1250 g/mol. The van der Waals surface area contributed by atoms with E-state index in [1.165, 1.54) is 12.5 Å². The molecule has 17 N–H and O–H groups in total. The summed E-state index contributed by atoms with van der Waals surface area (Å²) in [6.07, 6.45) is -31.9. The molecule has 34 atom stereocenters. The summed E-state index contributed by atoms with van der Waals surface area (Å²) in [5, 5.41) is 185. The number of carboxylic acid groups (broad SMARTS) is 1. The number of aliphatic carboxylic acids is 1. The molecule has 0 unspecified atom stereocenters. The van der Waals surface area contributed by atoms with Crippen molar-refractivity contribution in [2.75, 3.05) is 39.6 Å². The maximum atomic E-state index is 12.6. The van der Waals surface area contributed by atoms with Crippen LogP contribution in [0.5, 0.6) is 0 Å². The van der Waals surface area contributed by atoms with Gasteiger partial charge in [0.15, 0.2) is 37.6 Å². The predicted molar refractivity (Wildman–Crippen MR) is 291 cm³/mol. The van der Waals surface area contributed by atoms with Gasteiger partial charge in [0.05, 0.1) is 58.0 Å². The van der Waals surface area contributed by atoms with Gasteiger partial charge in [-0.1, -0.05) is 53.2 Å². The fourth-order valence-corrected chi connectivity index (χ4v) is 17.7. The Labute approximate surface area is 504 Å². The number of carbonyl (C=O) groups is 1. The van der Waals surface area contributed by atoms with Gasteiger partial charge in [0.25, 0.3) is 0 Å². The highest BCUT2D eigenvalue weighted by Crippen LogP contribution is 2.76. The van der Waals surface area contributed by atoms with E-state index in [0.717, 1.165) is 12.8 Å². The Bertz CT molecular complexity index is 2450. The average Bonchev–Trinajstić information content (AvgIpc) is 0.958. The van der Waals surface area contributed by atoms with Crippen molar-refractivity contribution in [3.63, 3.8) is 0 Å². The predicted octanol–water partition coefficient (Wildman–Crippen LogP) is -4.03. The fraction of sp³-hybridized carbons (Fsp3) is 0.949. The molecule has 0 aromatic carbocycles. The number of allylic oxidation sites excluding steroid dienone is 2. The van der Waals surface area contributed by atoms with Gasteiger partial charge in [0, 0.05) is 10.8 Å². The van der Waals surface area contributed by atoms with E-state index in [2.05, 4.69) is 33.8 Å². The molecule has 28 nitrogen and oxygen atoms in total. The number of rotatable bonds is 16. The summed E-state index contributed by atoms with van der Waals surface area (Å²) in [6, 6.07) is 0. The van der Waals surface area contributed by atoms with Gasteiger partial charge in [0.1, 0.15) is 97.2 Å². The summed E-state index contributed by atoms with van der Waals surface area (Å²) in [6.45, 7) is 11.4. The standard InChI is InChI=1S/C59H96O28/c1-24-33(64)36(67)42(73)49(81-24)86-44-38(69)34(65)27(18-60)82-50(44)87-45-40(71)39(70)43(47(75)76)85-51(45)84-32-11-12-55(4)29(56(32,5)20-61)10-13-58(7)30(55)9-8-25-26-16-53(2,17-31(63)54(26,3)14-15-57(25,58)6)22-79-48-41(72)37(68)35(66)28(83-48)19-78-52-46(74)59(77,21-62)23-80-52/h8,24,26-46,48-52,60-74,77H,9-23H2,1-7H3,(H,75,76)/t24-,26+,27-,28-,29-,30-,31-,32+,33+,34+,35-,36-,37+,38+,39+,40+,41-,42-,43+,44-,45-,46+,48-,49+,50+,51-,52-,53-,54-,55+,56-,57-,58-,59-/m1/s1. The second kappa shape index (κ2) is 24.8. The number of carboxylic acids is 1. The van der Waals surface area contributed by atoms with Crippen LogP contribution in [-0.2, 0) is 52.2 Å². The van der Waals surface area contributed by atoms with E-state index in [4.69, 9.17) is 47.4 Å². The van der Waals surface area contributed by atoms with Crippen LogP contribution in [-0.4, -0.2) is 285 Å². The van der Waals surface area contributed by atoms with E-state index in [-0.39, 0.29) is 35.2 Å². The second-order valence-corrected chi connectivity index (χ2v) is 28.8. The van der Waals surface area contributed by atoms with Crippen molar-refractivity contribution in [1.29, 1.82) is 0 Å². The van der Waals surface area contributed by atoms with Crippen molar-refractivity contribution < 1.29 is 139 Å². The molecule has 0 amide bonds. The van der Waals surface area contributed by atoms with Crippen molar-refractivity contribution in [2.45, 2.75) is 259 Å². The number of hydrogen-bond donors (Lipinski definition) is 17. The first kappa shape index (κ1) is 68.0. The number of hydrogen-bond acceptors (Lipinski definition) is 27. The summed E-state index contributed by atoms with van der Waals surface area (Å²) in [5.74, 6) is -1.92. The summed E-state index contributed by atoms with van der Waals surface area (Å²) in [4.78, 5) is 12.6. The molecule has 0 radical (unpaired) electrons. The largest absolute Gasteiger partial charge is 0.479 e. The Hall–Kier alpha value is -1.83. The molecule has 5 heterocycles. The van der Waals surface area contributed by atoms with E-state index >= 15 is 0 Å². The Morgan fingerprint density at radius 2 is 1.22 bits per heavy atom. The van der Waals surface area contributed by atoms with Crippen LogP contribution >= 0.6 is 0 Å². The second-order valence-electron chi connectivity index (χ2n) is 28.8. The highest BCUT2D eigenvalue weighted by atomic mass is 16.8. The zero-order chi connectivity index (χ0) is 63.6. The summed E-state index contributed by atoms with van der Waals surface area (Å²) < 4.78 is 59.5. The van der Waals surface area contributed by atoms with Gasteiger partial charge in [0.2, 0.25) is 0 Å². The molecule has 0 aromatic heterocycles. The topological polar surface area (TPSA) is 453 Å². The third kappa shape index (κ3) is 11.3. The van der Waals surface area contributed by atoms with Crippen molar-refractivity contribution in [1.82, 2.24) is 0 Å². The van der Waals surface area contributed by atoms with Gasteiger partial charge in [-0.15, -0.1) is 0 Å². The third-order valence-corrected chi connectivity index (χ3v) is 23.7. The molecule has 4 saturated carbocycles. The smallest absolute Gasteiger partial charge is 0.335 e. The maximum Gasteiger partial charge on any atom is 0.335 e.